The van der Waals surface area contributed by atoms with Crippen molar-refractivity contribution in [1.29, 1.82) is 15.8 Å². The predicted octanol–water partition coefficient (Wildman–Crippen LogP) is 3.81. The van der Waals surface area contributed by atoms with E-state index in [-0.39, 0.29) is 11.3 Å². The van der Waals surface area contributed by atoms with Gasteiger partial charge in [-0.15, -0.1) is 0 Å². The van der Waals surface area contributed by atoms with Gasteiger partial charge in [0.2, 0.25) is 0 Å². The molecule has 4 heteroatoms. The Bertz CT molecular complexity index is 1010. The third-order valence-corrected chi connectivity index (χ3v) is 5.06. The summed E-state index contributed by atoms with van der Waals surface area (Å²) in [5.74, 6) is 0. The molecule has 0 aliphatic heterocycles. The van der Waals surface area contributed by atoms with Crippen molar-refractivity contribution in [2.24, 2.45) is 11.1 Å². The van der Waals surface area contributed by atoms with Crippen LogP contribution in [0.4, 0.5) is 0 Å². The maximum absolute atomic E-state index is 9.95. The highest BCUT2D eigenvalue weighted by Gasteiger charge is 2.55. The molecule has 2 aromatic carbocycles. The lowest BCUT2D eigenvalue weighted by Crippen LogP contribution is -2.47. The van der Waals surface area contributed by atoms with Crippen LogP contribution in [0, 0.1) is 39.4 Å². The van der Waals surface area contributed by atoms with Crippen LogP contribution in [-0.4, -0.2) is 0 Å². The minimum Gasteiger partial charge on any atom is -0.399 e. The Balaban J connectivity index is 2.41. The molecule has 0 spiro atoms. The molecule has 1 unspecified atom stereocenters. The fourth-order valence-corrected chi connectivity index (χ4v) is 3.51. The third kappa shape index (κ3) is 2.20. The Morgan fingerprint density at radius 2 is 1.38 bits per heavy atom. The van der Waals surface area contributed by atoms with Crippen molar-refractivity contribution in [2.75, 3.05) is 0 Å². The van der Waals surface area contributed by atoms with Crippen molar-refractivity contribution in [3.63, 3.8) is 0 Å². The van der Waals surface area contributed by atoms with Crippen LogP contribution in [0.25, 0.3) is 5.57 Å². The fourth-order valence-electron chi connectivity index (χ4n) is 3.51. The highest BCUT2D eigenvalue weighted by Crippen LogP contribution is 2.52. The number of nitrogens with two attached hydrogens (primary N) is 1. The molecule has 3 rings (SSSR count). The van der Waals surface area contributed by atoms with Gasteiger partial charge in [0.05, 0.1) is 23.4 Å². The summed E-state index contributed by atoms with van der Waals surface area (Å²) in [6.45, 7) is 1.82. The van der Waals surface area contributed by atoms with E-state index in [9.17, 15) is 15.8 Å². The number of hydrogen-bond acceptors (Lipinski definition) is 4. The van der Waals surface area contributed by atoms with Crippen LogP contribution in [0.1, 0.15) is 18.1 Å². The number of rotatable bonds is 2. The molecule has 0 bridgehead atoms. The summed E-state index contributed by atoms with van der Waals surface area (Å²) in [6, 6.07) is 25.0. The Morgan fingerprint density at radius 3 is 1.88 bits per heavy atom. The minimum absolute atomic E-state index is 0.00212. The summed E-state index contributed by atoms with van der Waals surface area (Å²) in [5, 5.41) is 29.6. The summed E-state index contributed by atoms with van der Waals surface area (Å²) in [5.41, 5.74) is 6.04. The Kier molecular flexibility index (Phi) is 4.09. The molecule has 0 aromatic heterocycles. The van der Waals surface area contributed by atoms with Crippen LogP contribution < -0.4 is 5.73 Å². The van der Waals surface area contributed by atoms with Crippen molar-refractivity contribution < 1.29 is 0 Å². The monoisotopic (exact) mass is 336 g/mol. The van der Waals surface area contributed by atoms with Crippen molar-refractivity contribution in [1.82, 2.24) is 0 Å². The van der Waals surface area contributed by atoms with E-state index in [2.05, 4.69) is 18.2 Å². The zero-order chi connectivity index (χ0) is 18.8. The summed E-state index contributed by atoms with van der Waals surface area (Å²) in [6.07, 6.45) is 1.83. The number of allylic oxidation sites excluding steroid dienone is 4. The average Bonchev–Trinajstić information content (AvgIpc) is 2.70. The summed E-state index contributed by atoms with van der Waals surface area (Å²) >= 11 is 0. The molecular formula is C22H16N4. The smallest absolute Gasteiger partial charge is 0.196 e. The first-order chi connectivity index (χ1) is 12.5. The summed E-state index contributed by atoms with van der Waals surface area (Å²) in [7, 11) is 0. The third-order valence-electron chi connectivity index (χ3n) is 5.06. The summed E-state index contributed by atoms with van der Waals surface area (Å²) < 4.78 is 0. The minimum atomic E-state index is -1.67. The molecule has 1 aliphatic carbocycles. The Labute approximate surface area is 152 Å². The van der Waals surface area contributed by atoms with Gasteiger partial charge in [0, 0.05) is 5.41 Å². The quantitative estimate of drug-likeness (QED) is 0.901. The van der Waals surface area contributed by atoms with E-state index in [1.165, 1.54) is 0 Å². The van der Waals surface area contributed by atoms with Gasteiger partial charge < -0.3 is 5.73 Å². The zero-order valence-corrected chi connectivity index (χ0v) is 14.3. The number of nitrogens with zero attached hydrogens (tertiary/aromatic N) is 3. The fraction of sp³-hybridized carbons (Fsp3) is 0.136. The highest BCUT2D eigenvalue weighted by atomic mass is 14.7. The molecule has 0 saturated heterocycles. The molecule has 124 valence electrons. The van der Waals surface area contributed by atoms with Crippen LogP contribution in [0.2, 0.25) is 0 Å². The summed E-state index contributed by atoms with van der Waals surface area (Å²) in [4.78, 5) is 0. The van der Waals surface area contributed by atoms with Gasteiger partial charge in [-0.05, 0) is 23.6 Å². The van der Waals surface area contributed by atoms with Gasteiger partial charge in [-0.1, -0.05) is 66.7 Å². The maximum Gasteiger partial charge on any atom is 0.196 e. The second kappa shape index (κ2) is 6.25. The van der Waals surface area contributed by atoms with Crippen LogP contribution in [0.3, 0.4) is 0 Å². The molecule has 2 N–H and O–H groups in total. The van der Waals surface area contributed by atoms with Crippen molar-refractivity contribution in [3.8, 4) is 18.2 Å². The van der Waals surface area contributed by atoms with Gasteiger partial charge >= 0.3 is 0 Å². The molecule has 0 radical (unpaired) electrons. The molecular weight excluding hydrogens is 320 g/mol. The molecule has 0 heterocycles. The van der Waals surface area contributed by atoms with Gasteiger partial charge in [0.1, 0.15) is 6.07 Å². The molecule has 1 aliphatic rings. The highest BCUT2D eigenvalue weighted by molar-refractivity contribution is 5.88. The molecule has 26 heavy (non-hydrogen) atoms. The van der Waals surface area contributed by atoms with Crippen molar-refractivity contribution >= 4 is 5.57 Å². The van der Waals surface area contributed by atoms with Crippen LogP contribution in [0.15, 0.2) is 78.0 Å². The number of nitriles is 3. The number of hydrogen-bond donors (Lipinski definition) is 1. The topological polar surface area (TPSA) is 97.4 Å². The predicted molar refractivity (Wildman–Crippen MR) is 98.7 cm³/mol. The molecule has 2 aromatic rings. The van der Waals surface area contributed by atoms with Gasteiger partial charge in [-0.2, -0.15) is 15.8 Å². The molecule has 0 amide bonds. The lowest BCUT2D eigenvalue weighted by atomic mass is 9.56. The normalized spacial score (nSPS) is 21.1. The Morgan fingerprint density at radius 1 is 0.846 bits per heavy atom. The van der Waals surface area contributed by atoms with Gasteiger partial charge in [-0.3, -0.25) is 0 Å². The van der Waals surface area contributed by atoms with Crippen molar-refractivity contribution in [2.45, 2.75) is 12.3 Å². The lowest BCUT2D eigenvalue weighted by molar-refractivity contribution is 0.387. The van der Waals surface area contributed by atoms with E-state index in [0.717, 1.165) is 11.1 Å². The first-order valence-corrected chi connectivity index (χ1v) is 8.11. The van der Waals surface area contributed by atoms with E-state index in [0.29, 0.717) is 5.57 Å². The molecule has 4 nitrogen and oxygen atoms in total. The van der Waals surface area contributed by atoms with Gasteiger partial charge in [0.25, 0.3) is 0 Å². The molecule has 0 saturated carbocycles. The lowest BCUT2D eigenvalue weighted by Gasteiger charge is -2.42. The largest absolute Gasteiger partial charge is 0.399 e. The van der Waals surface area contributed by atoms with Gasteiger partial charge in [0.15, 0.2) is 5.41 Å². The second-order valence-electron chi connectivity index (χ2n) is 6.37. The molecule has 1 atom stereocenters. The molecule has 0 fully saturated rings. The van der Waals surface area contributed by atoms with E-state index in [1.54, 1.807) is 0 Å². The van der Waals surface area contributed by atoms with E-state index in [4.69, 9.17) is 5.73 Å². The van der Waals surface area contributed by atoms with E-state index < -0.39 is 10.8 Å². The van der Waals surface area contributed by atoms with Crippen molar-refractivity contribution in [3.05, 3.63) is 89.1 Å². The first-order valence-electron chi connectivity index (χ1n) is 8.11. The second-order valence-corrected chi connectivity index (χ2v) is 6.37. The van der Waals surface area contributed by atoms with Crippen LogP contribution in [-0.2, 0) is 5.41 Å². The SMILES string of the molecule is CC1(c2ccccc2)C=C(c2ccccc2)C(C#N)=C(N)C1(C#N)C#N. The first kappa shape index (κ1) is 17.0. The van der Waals surface area contributed by atoms with Crippen LogP contribution >= 0.6 is 0 Å². The maximum atomic E-state index is 9.95. The number of benzene rings is 2. The standard InChI is InChI=1S/C22H16N4/c1-21(17-10-6-3-7-11-17)12-18(16-8-4-2-5-9-16)19(13-23)20(26)22(21,14-24)15-25/h2-12H,26H2,1H3. The zero-order valence-electron chi connectivity index (χ0n) is 14.3. The van der Waals surface area contributed by atoms with Gasteiger partial charge in [-0.25, -0.2) is 0 Å². The van der Waals surface area contributed by atoms with Crippen LogP contribution in [0.5, 0.6) is 0 Å². The van der Waals surface area contributed by atoms with E-state index >= 15 is 0 Å². The Hall–Kier alpha value is -3.81. The average molecular weight is 336 g/mol. The van der Waals surface area contributed by atoms with E-state index in [1.807, 2.05) is 73.7 Å².